The summed E-state index contributed by atoms with van der Waals surface area (Å²) in [5, 5.41) is 11.7. The maximum atomic E-state index is 13.7. The second-order valence-electron chi connectivity index (χ2n) is 10.3. The van der Waals surface area contributed by atoms with E-state index in [1.54, 1.807) is 7.11 Å². The van der Waals surface area contributed by atoms with Crippen LogP contribution in [0.5, 0.6) is 5.75 Å². The summed E-state index contributed by atoms with van der Waals surface area (Å²) in [6, 6.07) is 18.4. The Labute approximate surface area is 231 Å². The highest BCUT2D eigenvalue weighted by Crippen LogP contribution is 2.44. The number of aliphatic hydroxyl groups is 1. The standard InChI is InChI=1S/C33H38N2O4/c1-8-34(9-2)24-13-15-25(16-14-24)35-30(23-12-10-11-21(5)17-23)29(32(37)33(35)38)31(36)27-19-26(20(3)4)28(39-7)18-22(27)6/h10-20,30,36H,8-9H2,1-7H3/b31-29+. The molecule has 0 spiro atoms. The summed E-state index contributed by atoms with van der Waals surface area (Å²) in [5.41, 5.74) is 5.69. The topological polar surface area (TPSA) is 70.1 Å². The monoisotopic (exact) mass is 526 g/mol. The van der Waals surface area contributed by atoms with Crippen molar-refractivity contribution in [3.8, 4) is 5.75 Å². The van der Waals surface area contributed by atoms with Crippen molar-refractivity contribution in [3.63, 3.8) is 0 Å². The van der Waals surface area contributed by atoms with Gasteiger partial charge < -0.3 is 14.7 Å². The number of amides is 1. The molecule has 4 rings (SSSR count). The highest BCUT2D eigenvalue weighted by atomic mass is 16.5. The van der Waals surface area contributed by atoms with E-state index in [0.29, 0.717) is 11.3 Å². The van der Waals surface area contributed by atoms with Gasteiger partial charge in [-0.25, -0.2) is 0 Å². The van der Waals surface area contributed by atoms with Crippen molar-refractivity contribution in [1.29, 1.82) is 0 Å². The van der Waals surface area contributed by atoms with Crippen LogP contribution in [0.1, 0.15) is 67.5 Å². The van der Waals surface area contributed by atoms with Crippen molar-refractivity contribution in [1.82, 2.24) is 0 Å². The van der Waals surface area contributed by atoms with Gasteiger partial charge in [0.05, 0.1) is 18.7 Å². The van der Waals surface area contributed by atoms with Gasteiger partial charge in [0.2, 0.25) is 0 Å². The summed E-state index contributed by atoms with van der Waals surface area (Å²) in [7, 11) is 1.62. The van der Waals surface area contributed by atoms with Crippen LogP contribution in [-0.4, -0.2) is 37.0 Å². The van der Waals surface area contributed by atoms with Crippen molar-refractivity contribution < 1.29 is 19.4 Å². The minimum atomic E-state index is -0.770. The molecule has 0 radical (unpaired) electrons. The number of methoxy groups -OCH3 is 1. The lowest BCUT2D eigenvalue weighted by Gasteiger charge is -2.27. The SMILES string of the molecule is CCN(CC)c1ccc(N2C(=O)C(=O)/C(=C(/O)c3cc(C(C)C)c(OC)cc3C)C2c2cccc(C)c2)cc1. The lowest BCUT2D eigenvalue weighted by molar-refractivity contribution is -0.132. The maximum Gasteiger partial charge on any atom is 0.300 e. The fraction of sp³-hybridized carbons (Fsp3) is 0.333. The number of ether oxygens (including phenoxy) is 1. The van der Waals surface area contributed by atoms with E-state index in [2.05, 4.69) is 18.7 Å². The fourth-order valence-corrected chi connectivity index (χ4v) is 5.39. The molecule has 1 saturated heterocycles. The van der Waals surface area contributed by atoms with Gasteiger partial charge in [-0.05, 0) is 86.7 Å². The zero-order chi connectivity index (χ0) is 28.4. The summed E-state index contributed by atoms with van der Waals surface area (Å²) in [6.07, 6.45) is 0. The van der Waals surface area contributed by atoms with Gasteiger partial charge in [0, 0.05) is 30.0 Å². The number of aliphatic hydroxyl groups excluding tert-OH is 1. The Morgan fingerprint density at radius 3 is 2.23 bits per heavy atom. The lowest BCUT2D eigenvalue weighted by Crippen LogP contribution is -2.29. The number of anilines is 2. The van der Waals surface area contributed by atoms with Crippen LogP contribution >= 0.6 is 0 Å². The molecule has 1 unspecified atom stereocenters. The van der Waals surface area contributed by atoms with Crippen molar-refractivity contribution in [2.75, 3.05) is 30.0 Å². The number of rotatable bonds is 8. The predicted octanol–water partition coefficient (Wildman–Crippen LogP) is 6.91. The van der Waals surface area contributed by atoms with Crippen LogP contribution in [0.4, 0.5) is 11.4 Å². The Morgan fingerprint density at radius 2 is 1.67 bits per heavy atom. The van der Waals surface area contributed by atoms with E-state index in [1.165, 1.54) is 4.90 Å². The molecule has 6 heteroatoms. The molecule has 1 fully saturated rings. The van der Waals surface area contributed by atoms with E-state index in [0.717, 1.165) is 46.8 Å². The Hall–Kier alpha value is -4.06. The summed E-state index contributed by atoms with van der Waals surface area (Å²) in [6.45, 7) is 13.9. The first kappa shape index (κ1) is 28.0. The number of carbonyl (C=O) groups excluding carboxylic acids is 2. The molecule has 1 aliphatic rings. The predicted molar refractivity (Wildman–Crippen MR) is 158 cm³/mol. The van der Waals surface area contributed by atoms with Gasteiger partial charge in [-0.15, -0.1) is 0 Å². The third-order valence-electron chi connectivity index (χ3n) is 7.51. The number of aryl methyl sites for hydroxylation is 2. The van der Waals surface area contributed by atoms with Gasteiger partial charge in [0.1, 0.15) is 11.5 Å². The van der Waals surface area contributed by atoms with E-state index in [9.17, 15) is 14.7 Å². The van der Waals surface area contributed by atoms with Gasteiger partial charge in [-0.1, -0.05) is 43.7 Å². The van der Waals surface area contributed by atoms with E-state index in [-0.39, 0.29) is 17.3 Å². The summed E-state index contributed by atoms with van der Waals surface area (Å²) in [5.74, 6) is -0.680. The van der Waals surface area contributed by atoms with Gasteiger partial charge in [-0.3, -0.25) is 14.5 Å². The van der Waals surface area contributed by atoms with Crippen molar-refractivity contribution >= 4 is 28.8 Å². The summed E-state index contributed by atoms with van der Waals surface area (Å²) < 4.78 is 5.58. The van der Waals surface area contributed by atoms with Gasteiger partial charge in [-0.2, -0.15) is 0 Å². The average molecular weight is 527 g/mol. The molecule has 0 bridgehead atoms. The first-order chi connectivity index (χ1) is 18.6. The van der Waals surface area contributed by atoms with Crippen LogP contribution in [0.25, 0.3) is 5.76 Å². The van der Waals surface area contributed by atoms with Crippen molar-refractivity contribution in [3.05, 3.63) is 94.1 Å². The summed E-state index contributed by atoms with van der Waals surface area (Å²) in [4.78, 5) is 31.0. The van der Waals surface area contributed by atoms with E-state index < -0.39 is 17.7 Å². The lowest BCUT2D eigenvalue weighted by atomic mass is 9.90. The Kier molecular flexibility index (Phi) is 8.14. The second kappa shape index (κ2) is 11.4. The number of nitrogens with zero attached hydrogens (tertiary/aromatic N) is 2. The Bertz CT molecular complexity index is 1420. The third kappa shape index (κ3) is 5.16. The maximum absolute atomic E-state index is 13.7. The van der Waals surface area contributed by atoms with Gasteiger partial charge >= 0.3 is 0 Å². The van der Waals surface area contributed by atoms with E-state index >= 15 is 0 Å². The molecule has 1 aliphatic heterocycles. The fourth-order valence-electron chi connectivity index (χ4n) is 5.39. The van der Waals surface area contributed by atoms with Gasteiger partial charge in [0.25, 0.3) is 11.7 Å². The quantitative estimate of drug-likeness (QED) is 0.196. The van der Waals surface area contributed by atoms with E-state index in [4.69, 9.17) is 4.74 Å². The normalized spacial score (nSPS) is 16.7. The largest absolute Gasteiger partial charge is 0.507 e. The molecular formula is C33H38N2O4. The average Bonchev–Trinajstić information content (AvgIpc) is 3.19. The molecule has 6 nitrogen and oxygen atoms in total. The number of Topliss-reactive ketones (excluding diaryl/α,β-unsaturated/α-hetero) is 1. The van der Waals surface area contributed by atoms with Gasteiger partial charge in [0.15, 0.2) is 0 Å². The molecule has 0 aliphatic carbocycles. The van der Waals surface area contributed by atoms with Crippen LogP contribution in [0, 0.1) is 13.8 Å². The molecule has 1 amide bonds. The minimum absolute atomic E-state index is 0.0846. The smallest absolute Gasteiger partial charge is 0.300 e. The second-order valence-corrected chi connectivity index (χ2v) is 10.3. The molecular weight excluding hydrogens is 488 g/mol. The Morgan fingerprint density at radius 1 is 1.00 bits per heavy atom. The zero-order valence-corrected chi connectivity index (χ0v) is 23.9. The van der Waals surface area contributed by atoms with Crippen LogP contribution in [0.15, 0.2) is 66.2 Å². The number of carbonyl (C=O) groups is 2. The highest BCUT2D eigenvalue weighted by Gasteiger charge is 2.47. The molecule has 204 valence electrons. The third-order valence-corrected chi connectivity index (χ3v) is 7.51. The van der Waals surface area contributed by atoms with Crippen LogP contribution in [-0.2, 0) is 9.59 Å². The first-order valence-electron chi connectivity index (χ1n) is 13.5. The van der Waals surface area contributed by atoms with Crippen LogP contribution < -0.4 is 14.5 Å². The minimum Gasteiger partial charge on any atom is -0.507 e. The molecule has 3 aromatic carbocycles. The number of ketones is 1. The number of hydrogen-bond acceptors (Lipinski definition) is 5. The summed E-state index contributed by atoms with van der Waals surface area (Å²) >= 11 is 0. The number of hydrogen-bond donors (Lipinski definition) is 1. The van der Waals surface area contributed by atoms with Crippen molar-refractivity contribution in [2.24, 2.45) is 0 Å². The molecule has 0 aromatic heterocycles. The highest BCUT2D eigenvalue weighted by molar-refractivity contribution is 6.51. The Balaban J connectivity index is 1.93. The van der Waals surface area contributed by atoms with Crippen LogP contribution in [0.3, 0.4) is 0 Å². The molecule has 1 N–H and O–H groups in total. The molecule has 1 atom stereocenters. The molecule has 39 heavy (non-hydrogen) atoms. The molecule has 3 aromatic rings. The van der Waals surface area contributed by atoms with Crippen molar-refractivity contribution in [2.45, 2.75) is 53.5 Å². The first-order valence-corrected chi connectivity index (χ1v) is 13.5. The zero-order valence-electron chi connectivity index (χ0n) is 23.9. The molecule has 0 saturated carbocycles. The molecule has 1 heterocycles. The number of benzene rings is 3. The van der Waals surface area contributed by atoms with Crippen LogP contribution in [0.2, 0.25) is 0 Å². The van der Waals surface area contributed by atoms with E-state index in [1.807, 2.05) is 88.4 Å².